The highest BCUT2D eigenvalue weighted by Crippen LogP contribution is 2.19. The normalized spacial score (nSPS) is 14.7. The van der Waals surface area contributed by atoms with Crippen molar-refractivity contribution in [1.29, 1.82) is 0 Å². The zero-order valence-corrected chi connectivity index (χ0v) is 15.1. The predicted octanol–water partition coefficient (Wildman–Crippen LogP) is 1.78. The molecule has 0 saturated carbocycles. The van der Waals surface area contributed by atoms with Crippen LogP contribution in [0.15, 0.2) is 41.3 Å². The zero-order valence-electron chi connectivity index (χ0n) is 14.3. The van der Waals surface area contributed by atoms with E-state index in [2.05, 4.69) is 24.9 Å². The molecule has 1 saturated heterocycles. The smallest absolute Gasteiger partial charge is 0.240 e. The van der Waals surface area contributed by atoms with Crippen molar-refractivity contribution in [3.63, 3.8) is 0 Å². The summed E-state index contributed by atoms with van der Waals surface area (Å²) in [5.74, 6) is 1.46. The van der Waals surface area contributed by atoms with Gasteiger partial charge >= 0.3 is 0 Å². The van der Waals surface area contributed by atoms with Gasteiger partial charge in [0, 0.05) is 37.9 Å². The minimum absolute atomic E-state index is 0.258. The zero-order chi connectivity index (χ0) is 17.7. The van der Waals surface area contributed by atoms with Crippen LogP contribution in [0.4, 0.5) is 11.8 Å². The summed E-state index contributed by atoms with van der Waals surface area (Å²) in [6.07, 6.45) is 2.38. The SMILES string of the molecule is Cc1cc(N2CCCC2)nc(NCCNS(=O)(=O)c2ccccc2)n1. The predicted molar refractivity (Wildman–Crippen MR) is 98.3 cm³/mol. The molecule has 7 nitrogen and oxygen atoms in total. The van der Waals surface area contributed by atoms with Gasteiger partial charge in [-0.25, -0.2) is 18.1 Å². The molecule has 2 aromatic rings. The molecule has 0 unspecified atom stereocenters. The van der Waals surface area contributed by atoms with Crippen LogP contribution < -0.4 is 14.9 Å². The van der Waals surface area contributed by atoms with Gasteiger partial charge in [-0.05, 0) is 31.9 Å². The van der Waals surface area contributed by atoms with Gasteiger partial charge < -0.3 is 10.2 Å². The minimum Gasteiger partial charge on any atom is -0.356 e. The molecule has 1 aliphatic heterocycles. The van der Waals surface area contributed by atoms with E-state index < -0.39 is 10.0 Å². The van der Waals surface area contributed by atoms with Crippen molar-refractivity contribution in [3.05, 3.63) is 42.1 Å². The first-order valence-corrected chi connectivity index (χ1v) is 9.92. The van der Waals surface area contributed by atoms with E-state index in [-0.39, 0.29) is 11.4 Å². The van der Waals surface area contributed by atoms with Gasteiger partial charge in [0.05, 0.1) is 4.90 Å². The maximum Gasteiger partial charge on any atom is 0.240 e. The number of benzene rings is 1. The molecule has 0 atom stereocenters. The quantitative estimate of drug-likeness (QED) is 0.731. The highest BCUT2D eigenvalue weighted by Gasteiger charge is 2.15. The third kappa shape index (κ3) is 4.67. The van der Waals surface area contributed by atoms with E-state index in [0.29, 0.717) is 12.5 Å². The fourth-order valence-electron chi connectivity index (χ4n) is 2.78. The van der Waals surface area contributed by atoms with Crippen LogP contribution in [0.5, 0.6) is 0 Å². The molecule has 25 heavy (non-hydrogen) atoms. The summed E-state index contributed by atoms with van der Waals surface area (Å²) in [4.78, 5) is 11.4. The first-order chi connectivity index (χ1) is 12.0. The number of sulfonamides is 1. The molecular weight excluding hydrogens is 338 g/mol. The van der Waals surface area contributed by atoms with Crippen molar-refractivity contribution in [3.8, 4) is 0 Å². The van der Waals surface area contributed by atoms with Crippen LogP contribution >= 0.6 is 0 Å². The fraction of sp³-hybridized carbons (Fsp3) is 0.412. The van der Waals surface area contributed by atoms with E-state index in [1.807, 2.05) is 13.0 Å². The number of hydrogen-bond acceptors (Lipinski definition) is 6. The van der Waals surface area contributed by atoms with E-state index >= 15 is 0 Å². The molecule has 1 aromatic carbocycles. The number of nitrogens with one attached hydrogen (secondary N) is 2. The average Bonchev–Trinajstić information content (AvgIpc) is 3.14. The van der Waals surface area contributed by atoms with Gasteiger partial charge in [-0.1, -0.05) is 18.2 Å². The molecule has 1 aromatic heterocycles. The molecular formula is C17H23N5O2S. The van der Waals surface area contributed by atoms with Gasteiger partial charge in [0.25, 0.3) is 0 Å². The Balaban J connectivity index is 1.55. The fourth-order valence-corrected chi connectivity index (χ4v) is 3.83. The Bertz CT molecular complexity index is 805. The standard InChI is InChI=1S/C17H23N5O2S/c1-14-13-16(22-11-5-6-12-22)21-17(20-14)18-9-10-19-25(23,24)15-7-3-2-4-8-15/h2-4,7-8,13,19H,5-6,9-12H2,1H3,(H,18,20,21). The lowest BCUT2D eigenvalue weighted by atomic mass is 10.4. The molecule has 0 aliphatic carbocycles. The van der Waals surface area contributed by atoms with Crippen molar-refractivity contribution in [2.45, 2.75) is 24.7 Å². The Labute approximate surface area is 148 Å². The van der Waals surface area contributed by atoms with Gasteiger partial charge in [0.15, 0.2) is 0 Å². The first-order valence-electron chi connectivity index (χ1n) is 8.44. The second kappa shape index (κ2) is 7.79. The van der Waals surface area contributed by atoms with Gasteiger partial charge in [-0.2, -0.15) is 4.98 Å². The molecule has 0 radical (unpaired) electrons. The maximum absolute atomic E-state index is 12.1. The van der Waals surface area contributed by atoms with Crippen molar-refractivity contribution < 1.29 is 8.42 Å². The number of aryl methyl sites for hydroxylation is 1. The highest BCUT2D eigenvalue weighted by atomic mass is 32.2. The molecule has 0 amide bonds. The van der Waals surface area contributed by atoms with Crippen molar-refractivity contribution in [1.82, 2.24) is 14.7 Å². The number of anilines is 2. The van der Waals surface area contributed by atoms with Crippen molar-refractivity contribution >= 4 is 21.8 Å². The summed E-state index contributed by atoms with van der Waals surface area (Å²) < 4.78 is 26.9. The van der Waals surface area contributed by atoms with Gasteiger partial charge in [0.1, 0.15) is 5.82 Å². The summed E-state index contributed by atoms with van der Waals surface area (Å²) in [5.41, 5.74) is 0.893. The summed E-state index contributed by atoms with van der Waals surface area (Å²) in [5, 5.41) is 3.10. The van der Waals surface area contributed by atoms with Crippen molar-refractivity contribution in [2.24, 2.45) is 0 Å². The molecule has 8 heteroatoms. The van der Waals surface area contributed by atoms with Gasteiger partial charge in [0.2, 0.25) is 16.0 Å². The molecule has 134 valence electrons. The van der Waals surface area contributed by atoms with Crippen LogP contribution in [-0.4, -0.2) is 44.6 Å². The largest absolute Gasteiger partial charge is 0.356 e. The molecule has 0 bridgehead atoms. The van der Waals surface area contributed by atoms with Gasteiger partial charge in [-0.3, -0.25) is 0 Å². The van der Waals surface area contributed by atoms with Crippen LogP contribution in [0.1, 0.15) is 18.5 Å². The number of rotatable bonds is 7. The Kier molecular flexibility index (Phi) is 5.50. The summed E-state index contributed by atoms with van der Waals surface area (Å²) >= 11 is 0. The van der Waals surface area contributed by atoms with Crippen LogP contribution in [0.25, 0.3) is 0 Å². The lowest BCUT2D eigenvalue weighted by Gasteiger charge is -2.17. The van der Waals surface area contributed by atoms with Crippen LogP contribution in [0.3, 0.4) is 0 Å². The Morgan fingerprint density at radius 3 is 2.52 bits per heavy atom. The van der Waals surface area contributed by atoms with E-state index in [0.717, 1.165) is 24.6 Å². The molecule has 1 fully saturated rings. The van der Waals surface area contributed by atoms with E-state index in [1.165, 1.54) is 12.8 Å². The van der Waals surface area contributed by atoms with Gasteiger partial charge in [-0.15, -0.1) is 0 Å². The topological polar surface area (TPSA) is 87.2 Å². The maximum atomic E-state index is 12.1. The highest BCUT2D eigenvalue weighted by molar-refractivity contribution is 7.89. The van der Waals surface area contributed by atoms with Crippen LogP contribution in [0.2, 0.25) is 0 Å². The first kappa shape index (κ1) is 17.6. The Morgan fingerprint density at radius 1 is 1.08 bits per heavy atom. The number of nitrogens with zero attached hydrogens (tertiary/aromatic N) is 3. The third-order valence-electron chi connectivity index (χ3n) is 4.02. The molecule has 3 rings (SSSR count). The Hall–Kier alpha value is -2.19. The number of hydrogen-bond donors (Lipinski definition) is 2. The monoisotopic (exact) mass is 361 g/mol. The van der Waals surface area contributed by atoms with E-state index in [4.69, 9.17) is 0 Å². The molecule has 0 spiro atoms. The van der Waals surface area contributed by atoms with Crippen LogP contribution in [0, 0.1) is 6.92 Å². The minimum atomic E-state index is -3.48. The second-order valence-electron chi connectivity index (χ2n) is 6.02. The molecule has 1 aliphatic rings. The lowest BCUT2D eigenvalue weighted by Crippen LogP contribution is -2.29. The second-order valence-corrected chi connectivity index (χ2v) is 7.79. The lowest BCUT2D eigenvalue weighted by molar-refractivity contribution is 0.583. The summed E-state index contributed by atoms with van der Waals surface area (Å²) in [6.45, 7) is 4.65. The Morgan fingerprint density at radius 2 is 1.80 bits per heavy atom. The van der Waals surface area contributed by atoms with E-state index in [9.17, 15) is 8.42 Å². The van der Waals surface area contributed by atoms with Crippen LogP contribution in [-0.2, 0) is 10.0 Å². The molecule has 2 heterocycles. The summed E-state index contributed by atoms with van der Waals surface area (Å²) in [7, 11) is -3.48. The third-order valence-corrected chi connectivity index (χ3v) is 5.50. The number of aromatic nitrogens is 2. The van der Waals surface area contributed by atoms with Crippen molar-refractivity contribution in [2.75, 3.05) is 36.4 Å². The van der Waals surface area contributed by atoms with E-state index in [1.54, 1.807) is 30.3 Å². The average molecular weight is 361 g/mol. The molecule has 2 N–H and O–H groups in total. The summed E-state index contributed by atoms with van der Waals surface area (Å²) in [6, 6.07) is 10.3.